The van der Waals surface area contributed by atoms with Gasteiger partial charge in [0.2, 0.25) is 0 Å². The molecule has 2 N–H and O–H groups in total. The molecule has 1 aliphatic heterocycles. The fraction of sp³-hybridized carbons (Fsp3) is 0.154. The molecule has 3 rings (SSSR count). The Balaban J connectivity index is 1.74. The summed E-state index contributed by atoms with van der Waals surface area (Å²) in [6.45, 7) is 0.550. The number of nitrogens with one attached hydrogen (secondary N) is 1. The monoisotopic (exact) mass is 256 g/mol. The molecule has 5 nitrogen and oxygen atoms in total. The van der Waals surface area contributed by atoms with E-state index in [1.807, 2.05) is 18.2 Å². The first kappa shape index (κ1) is 12.0. The minimum Gasteiger partial charge on any atom is -0.423 e. The number of anilines is 1. The fourth-order valence-corrected chi connectivity index (χ4v) is 2.01. The van der Waals surface area contributed by atoms with Gasteiger partial charge in [0.25, 0.3) is 0 Å². The molecule has 0 bridgehead atoms. The lowest BCUT2D eigenvalue weighted by molar-refractivity contribution is 0.266. The smallest absolute Gasteiger partial charge is 0.423 e. The minimum atomic E-state index is -0.855. The second-order valence-corrected chi connectivity index (χ2v) is 4.27. The van der Waals surface area contributed by atoms with Crippen LogP contribution in [0.25, 0.3) is 0 Å². The number of nitrogens with zero attached hydrogens (tertiary/aromatic N) is 1. The van der Waals surface area contributed by atoms with Crippen LogP contribution < -0.4 is 15.8 Å². The van der Waals surface area contributed by atoms with E-state index in [9.17, 15) is 5.02 Å². The number of hydrogen-bond acceptors (Lipinski definition) is 5. The summed E-state index contributed by atoms with van der Waals surface area (Å²) >= 11 is 0. The Morgan fingerprint density at radius 3 is 2.95 bits per heavy atom. The van der Waals surface area contributed by atoms with Gasteiger partial charge in [0.15, 0.2) is 5.75 Å². The van der Waals surface area contributed by atoms with Crippen LogP contribution in [0.1, 0.15) is 5.56 Å². The molecule has 0 spiro atoms. The van der Waals surface area contributed by atoms with E-state index in [0.29, 0.717) is 12.4 Å². The van der Waals surface area contributed by atoms with Crippen molar-refractivity contribution in [1.29, 1.82) is 0 Å². The molecule has 1 aromatic carbocycles. The van der Waals surface area contributed by atoms with Gasteiger partial charge in [0.05, 0.1) is 5.69 Å². The average Bonchev–Trinajstić information content (AvgIpc) is 2.47. The number of benzene rings is 1. The highest BCUT2D eigenvalue weighted by Crippen LogP contribution is 2.14. The normalized spacial score (nSPS) is 13.8. The molecule has 1 aromatic heterocycles. The maximum atomic E-state index is 9.77. The number of fused-ring (bicyclic) bond motifs is 1. The van der Waals surface area contributed by atoms with Gasteiger partial charge in [-0.2, -0.15) is 0 Å². The van der Waals surface area contributed by atoms with E-state index in [-0.39, 0.29) is 0 Å². The van der Waals surface area contributed by atoms with Crippen LogP contribution >= 0.6 is 0 Å². The second kappa shape index (κ2) is 5.30. The molecule has 0 atom stereocenters. The van der Waals surface area contributed by atoms with Gasteiger partial charge in [0.1, 0.15) is 0 Å². The van der Waals surface area contributed by atoms with Crippen molar-refractivity contribution in [3.05, 3.63) is 48.3 Å². The molecular weight excluding hydrogens is 243 g/mol. The van der Waals surface area contributed by atoms with Gasteiger partial charge in [-0.3, -0.25) is 4.98 Å². The van der Waals surface area contributed by atoms with Crippen molar-refractivity contribution in [2.75, 3.05) is 12.1 Å². The largest absolute Gasteiger partial charge is 0.491 e. The fourth-order valence-electron chi connectivity index (χ4n) is 2.01. The first-order valence-corrected chi connectivity index (χ1v) is 6.08. The SMILES string of the molecule is OB1OCCc2ccc(NOc3ccncc3)cc21. The van der Waals surface area contributed by atoms with Gasteiger partial charge < -0.3 is 14.5 Å². The van der Waals surface area contributed by atoms with Crippen LogP contribution in [-0.4, -0.2) is 23.7 Å². The van der Waals surface area contributed by atoms with Crippen LogP contribution in [0.2, 0.25) is 0 Å². The highest BCUT2D eigenvalue weighted by molar-refractivity contribution is 6.61. The van der Waals surface area contributed by atoms with E-state index in [1.165, 1.54) is 0 Å². The topological polar surface area (TPSA) is 63.6 Å². The zero-order valence-electron chi connectivity index (χ0n) is 10.2. The Morgan fingerprint density at radius 1 is 1.26 bits per heavy atom. The molecule has 1 aliphatic rings. The van der Waals surface area contributed by atoms with Crippen LogP contribution in [0, 0.1) is 0 Å². The number of hydrogen-bond donors (Lipinski definition) is 2. The Kier molecular flexibility index (Phi) is 3.35. The minimum absolute atomic E-state index is 0.550. The van der Waals surface area contributed by atoms with E-state index < -0.39 is 7.12 Å². The van der Waals surface area contributed by atoms with Gasteiger partial charge >= 0.3 is 7.12 Å². The first-order chi connectivity index (χ1) is 9.33. The predicted molar refractivity (Wildman–Crippen MR) is 72.2 cm³/mol. The van der Waals surface area contributed by atoms with Crippen molar-refractivity contribution in [1.82, 2.24) is 4.98 Å². The van der Waals surface area contributed by atoms with Gasteiger partial charge in [-0.15, -0.1) is 0 Å². The lowest BCUT2D eigenvalue weighted by Crippen LogP contribution is -2.41. The number of rotatable bonds is 3. The van der Waals surface area contributed by atoms with Crippen molar-refractivity contribution >= 4 is 18.3 Å². The summed E-state index contributed by atoms with van der Waals surface area (Å²) in [6.07, 6.45) is 4.13. The van der Waals surface area contributed by atoms with Crippen LogP contribution in [-0.2, 0) is 11.1 Å². The number of aromatic nitrogens is 1. The Morgan fingerprint density at radius 2 is 2.11 bits per heavy atom. The van der Waals surface area contributed by atoms with Gasteiger partial charge in [-0.25, -0.2) is 5.48 Å². The summed E-state index contributed by atoms with van der Waals surface area (Å²) in [5.41, 5.74) is 5.49. The van der Waals surface area contributed by atoms with Crippen molar-refractivity contribution in [2.24, 2.45) is 0 Å². The van der Waals surface area contributed by atoms with E-state index in [4.69, 9.17) is 9.49 Å². The molecule has 2 aromatic rings. The van der Waals surface area contributed by atoms with Gasteiger partial charge in [-0.1, -0.05) is 6.07 Å². The molecule has 96 valence electrons. The van der Waals surface area contributed by atoms with E-state index in [1.54, 1.807) is 24.5 Å². The molecule has 2 heterocycles. The molecule has 19 heavy (non-hydrogen) atoms. The third-order valence-electron chi connectivity index (χ3n) is 3.00. The quantitative estimate of drug-likeness (QED) is 0.626. The molecule has 0 aliphatic carbocycles. The van der Waals surface area contributed by atoms with E-state index in [0.717, 1.165) is 23.1 Å². The third-order valence-corrected chi connectivity index (χ3v) is 3.00. The molecule has 0 fully saturated rings. The lowest BCUT2D eigenvalue weighted by atomic mass is 9.73. The van der Waals surface area contributed by atoms with Crippen molar-refractivity contribution < 1.29 is 14.5 Å². The molecule has 0 amide bonds. The van der Waals surface area contributed by atoms with Crippen LogP contribution in [0.3, 0.4) is 0 Å². The van der Waals surface area contributed by atoms with E-state index in [2.05, 4.69) is 10.5 Å². The average molecular weight is 256 g/mol. The lowest BCUT2D eigenvalue weighted by Gasteiger charge is -2.19. The standard InChI is InChI=1S/C13H13BN2O3/c17-14-13-9-11(2-1-10(13)5-8-18-14)16-19-12-3-6-15-7-4-12/h1-4,6-7,9,16-17H,5,8H2. The van der Waals surface area contributed by atoms with Gasteiger partial charge in [-0.05, 0) is 29.6 Å². The summed E-state index contributed by atoms with van der Waals surface area (Å²) < 4.78 is 5.20. The number of pyridine rings is 1. The first-order valence-electron chi connectivity index (χ1n) is 6.08. The van der Waals surface area contributed by atoms with E-state index >= 15 is 0 Å². The van der Waals surface area contributed by atoms with Crippen molar-refractivity contribution in [2.45, 2.75) is 6.42 Å². The Labute approximate surface area is 111 Å². The molecule has 0 saturated heterocycles. The van der Waals surface area contributed by atoms with Crippen LogP contribution in [0.5, 0.6) is 5.75 Å². The highest BCUT2D eigenvalue weighted by atomic mass is 16.6. The zero-order valence-corrected chi connectivity index (χ0v) is 10.2. The summed E-state index contributed by atoms with van der Waals surface area (Å²) in [7, 11) is -0.855. The summed E-state index contributed by atoms with van der Waals surface area (Å²) in [6, 6.07) is 9.23. The summed E-state index contributed by atoms with van der Waals surface area (Å²) in [5, 5.41) is 9.77. The molecule has 0 saturated carbocycles. The Bertz CT molecular complexity index is 565. The maximum Gasteiger partial charge on any atom is 0.491 e. The maximum absolute atomic E-state index is 9.77. The highest BCUT2D eigenvalue weighted by Gasteiger charge is 2.24. The second-order valence-electron chi connectivity index (χ2n) is 4.27. The summed E-state index contributed by atoms with van der Waals surface area (Å²) in [4.78, 5) is 9.32. The Hall–Kier alpha value is -2.05. The molecule has 0 radical (unpaired) electrons. The van der Waals surface area contributed by atoms with Gasteiger partial charge in [0, 0.05) is 31.1 Å². The van der Waals surface area contributed by atoms with Crippen LogP contribution in [0.4, 0.5) is 5.69 Å². The third kappa shape index (κ3) is 2.69. The molecule has 0 unspecified atom stereocenters. The molecule has 6 heteroatoms. The summed E-state index contributed by atoms with van der Waals surface area (Å²) in [5.74, 6) is 0.671. The predicted octanol–water partition coefficient (Wildman–Crippen LogP) is 0.748. The molecular formula is C13H13BN2O3. The zero-order chi connectivity index (χ0) is 13.1. The van der Waals surface area contributed by atoms with Crippen LogP contribution in [0.15, 0.2) is 42.7 Å². The van der Waals surface area contributed by atoms with Crippen molar-refractivity contribution in [3.63, 3.8) is 0 Å². The van der Waals surface area contributed by atoms with Crippen molar-refractivity contribution in [3.8, 4) is 5.75 Å².